The van der Waals surface area contributed by atoms with Gasteiger partial charge in [0, 0.05) is 12.4 Å². The average Bonchev–Trinajstić information content (AvgIpc) is 2.61. The highest BCUT2D eigenvalue weighted by atomic mass is 19.1. The van der Waals surface area contributed by atoms with Gasteiger partial charge in [0.05, 0.1) is 6.04 Å². The molecule has 3 rings (SSSR count). The Kier molecular flexibility index (Phi) is 4.79. The fraction of sp³-hybridized carbons (Fsp3) is 0.111. The molecule has 0 aliphatic heterocycles. The SMILES string of the molecule is Fc1ccccc1OCC(Nc1ncccn1)c1ccccc1. The molecule has 0 amide bonds. The van der Waals surface area contributed by atoms with Crippen LogP contribution in [0, 0.1) is 5.82 Å². The molecule has 1 aromatic heterocycles. The largest absolute Gasteiger partial charge is 0.488 e. The predicted octanol–water partition coefficient (Wildman–Crippen LogP) is 3.85. The summed E-state index contributed by atoms with van der Waals surface area (Å²) in [6, 6.07) is 17.7. The van der Waals surface area contributed by atoms with Crippen LogP contribution in [0.3, 0.4) is 0 Å². The fourth-order valence-electron chi connectivity index (χ4n) is 2.17. The number of anilines is 1. The van der Waals surface area contributed by atoms with Gasteiger partial charge in [-0.2, -0.15) is 0 Å². The minimum absolute atomic E-state index is 0.196. The molecule has 1 heterocycles. The molecular weight excluding hydrogens is 293 g/mol. The summed E-state index contributed by atoms with van der Waals surface area (Å²) in [6.07, 6.45) is 3.32. The summed E-state index contributed by atoms with van der Waals surface area (Å²) in [5.74, 6) is 0.345. The highest BCUT2D eigenvalue weighted by Crippen LogP contribution is 2.21. The van der Waals surface area contributed by atoms with E-state index in [9.17, 15) is 4.39 Å². The van der Waals surface area contributed by atoms with E-state index in [0.717, 1.165) is 5.56 Å². The zero-order chi connectivity index (χ0) is 15.9. The van der Waals surface area contributed by atoms with Gasteiger partial charge in [0.2, 0.25) is 5.95 Å². The number of nitrogens with one attached hydrogen (secondary N) is 1. The zero-order valence-electron chi connectivity index (χ0n) is 12.4. The van der Waals surface area contributed by atoms with Crippen LogP contribution in [0.1, 0.15) is 11.6 Å². The van der Waals surface area contributed by atoms with Crippen molar-refractivity contribution in [3.8, 4) is 5.75 Å². The summed E-state index contributed by atoms with van der Waals surface area (Å²) >= 11 is 0. The number of halogens is 1. The first-order valence-electron chi connectivity index (χ1n) is 7.29. The number of nitrogens with zero attached hydrogens (tertiary/aromatic N) is 2. The lowest BCUT2D eigenvalue weighted by molar-refractivity contribution is 0.284. The third-order valence-electron chi connectivity index (χ3n) is 3.31. The van der Waals surface area contributed by atoms with Crippen molar-refractivity contribution in [3.05, 3.63) is 84.4 Å². The van der Waals surface area contributed by atoms with Crippen LogP contribution < -0.4 is 10.1 Å². The Balaban J connectivity index is 1.77. The summed E-state index contributed by atoms with van der Waals surface area (Å²) in [4.78, 5) is 8.33. The summed E-state index contributed by atoms with van der Waals surface area (Å²) in [5.41, 5.74) is 1.01. The maximum absolute atomic E-state index is 13.7. The van der Waals surface area contributed by atoms with Crippen LogP contribution in [-0.2, 0) is 0 Å². The van der Waals surface area contributed by atoms with Crippen molar-refractivity contribution < 1.29 is 9.13 Å². The van der Waals surface area contributed by atoms with E-state index < -0.39 is 0 Å². The minimum atomic E-state index is -0.379. The monoisotopic (exact) mass is 309 g/mol. The molecule has 0 bridgehead atoms. The third kappa shape index (κ3) is 4.03. The average molecular weight is 309 g/mol. The highest BCUT2D eigenvalue weighted by molar-refractivity contribution is 5.32. The van der Waals surface area contributed by atoms with E-state index in [-0.39, 0.29) is 24.2 Å². The standard InChI is InChI=1S/C18H16FN3O/c19-15-9-4-5-10-17(15)23-13-16(14-7-2-1-3-8-14)22-18-20-11-6-12-21-18/h1-12,16H,13H2,(H,20,21,22). The maximum Gasteiger partial charge on any atom is 0.223 e. The van der Waals surface area contributed by atoms with Crippen LogP contribution in [0.4, 0.5) is 10.3 Å². The normalized spacial score (nSPS) is 11.7. The number of rotatable bonds is 6. The Morgan fingerprint density at radius 3 is 2.35 bits per heavy atom. The Hall–Kier alpha value is -2.95. The molecule has 5 heteroatoms. The van der Waals surface area contributed by atoms with Gasteiger partial charge in [0.1, 0.15) is 6.61 Å². The smallest absolute Gasteiger partial charge is 0.223 e. The first-order valence-corrected chi connectivity index (χ1v) is 7.29. The van der Waals surface area contributed by atoms with Gasteiger partial charge in [-0.3, -0.25) is 0 Å². The number of benzene rings is 2. The maximum atomic E-state index is 13.7. The fourth-order valence-corrected chi connectivity index (χ4v) is 2.17. The van der Waals surface area contributed by atoms with Crippen LogP contribution in [0.15, 0.2) is 73.1 Å². The molecule has 4 nitrogen and oxygen atoms in total. The van der Waals surface area contributed by atoms with Gasteiger partial charge in [-0.15, -0.1) is 0 Å². The van der Waals surface area contributed by atoms with Gasteiger partial charge in [-0.25, -0.2) is 14.4 Å². The van der Waals surface area contributed by atoms with E-state index in [1.165, 1.54) is 6.07 Å². The molecule has 0 spiro atoms. The summed E-state index contributed by atoms with van der Waals surface area (Å²) < 4.78 is 19.3. The van der Waals surface area contributed by atoms with Crippen molar-refractivity contribution in [2.75, 3.05) is 11.9 Å². The molecule has 0 fully saturated rings. The predicted molar refractivity (Wildman–Crippen MR) is 86.7 cm³/mol. The van der Waals surface area contributed by atoms with Crippen molar-refractivity contribution in [1.29, 1.82) is 0 Å². The molecule has 1 unspecified atom stereocenters. The van der Waals surface area contributed by atoms with Crippen LogP contribution in [0.2, 0.25) is 0 Å². The molecule has 116 valence electrons. The Labute approximate surface area is 134 Å². The zero-order valence-corrected chi connectivity index (χ0v) is 12.4. The van der Waals surface area contributed by atoms with Gasteiger partial charge in [-0.1, -0.05) is 42.5 Å². The van der Waals surface area contributed by atoms with Gasteiger partial charge >= 0.3 is 0 Å². The van der Waals surface area contributed by atoms with Crippen molar-refractivity contribution in [2.24, 2.45) is 0 Å². The summed E-state index contributed by atoms with van der Waals surface area (Å²) in [6.45, 7) is 0.253. The molecule has 1 N–H and O–H groups in total. The van der Waals surface area contributed by atoms with Crippen molar-refractivity contribution in [3.63, 3.8) is 0 Å². The first kappa shape index (κ1) is 15.0. The van der Waals surface area contributed by atoms with Gasteiger partial charge in [0.15, 0.2) is 11.6 Å². The summed E-state index contributed by atoms with van der Waals surface area (Å²) in [5, 5.41) is 3.22. The number of aromatic nitrogens is 2. The lowest BCUT2D eigenvalue weighted by Crippen LogP contribution is -2.20. The second-order valence-electron chi connectivity index (χ2n) is 4.92. The van der Waals surface area contributed by atoms with E-state index in [4.69, 9.17) is 4.74 Å². The number of para-hydroxylation sites is 1. The quantitative estimate of drug-likeness (QED) is 0.751. The van der Waals surface area contributed by atoms with E-state index in [1.54, 1.807) is 36.7 Å². The molecule has 23 heavy (non-hydrogen) atoms. The van der Waals surface area contributed by atoms with Crippen molar-refractivity contribution in [1.82, 2.24) is 9.97 Å². The second kappa shape index (κ2) is 7.35. The van der Waals surface area contributed by atoms with E-state index in [1.807, 2.05) is 30.3 Å². The molecule has 0 aliphatic rings. The molecule has 3 aromatic rings. The number of hydrogen-bond donors (Lipinski definition) is 1. The molecule has 2 aromatic carbocycles. The first-order chi connectivity index (χ1) is 11.3. The molecule has 0 radical (unpaired) electrons. The second-order valence-corrected chi connectivity index (χ2v) is 4.92. The molecule has 1 atom stereocenters. The minimum Gasteiger partial charge on any atom is -0.488 e. The van der Waals surface area contributed by atoms with Crippen molar-refractivity contribution >= 4 is 5.95 Å². The van der Waals surface area contributed by atoms with Crippen molar-refractivity contribution in [2.45, 2.75) is 6.04 Å². The van der Waals surface area contributed by atoms with E-state index in [2.05, 4.69) is 15.3 Å². The highest BCUT2D eigenvalue weighted by Gasteiger charge is 2.14. The van der Waals surface area contributed by atoms with Crippen LogP contribution >= 0.6 is 0 Å². The van der Waals surface area contributed by atoms with Gasteiger partial charge < -0.3 is 10.1 Å². The molecular formula is C18H16FN3O. The Morgan fingerprint density at radius 2 is 1.61 bits per heavy atom. The topological polar surface area (TPSA) is 47.0 Å². The Morgan fingerprint density at radius 1 is 0.913 bits per heavy atom. The van der Waals surface area contributed by atoms with E-state index in [0.29, 0.717) is 5.95 Å². The Bertz CT molecular complexity index is 738. The molecule has 0 aliphatic carbocycles. The lowest BCUT2D eigenvalue weighted by atomic mass is 10.1. The molecule has 0 saturated heterocycles. The van der Waals surface area contributed by atoms with Crippen LogP contribution in [0.5, 0.6) is 5.75 Å². The van der Waals surface area contributed by atoms with Gasteiger partial charge in [0.25, 0.3) is 0 Å². The van der Waals surface area contributed by atoms with E-state index >= 15 is 0 Å². The number of hydrogen-bond acceptors (Lipinski definition) is 4. The van der Waals surface area contributed by atoms with Gasteiger partial charge in [-0.05, 0) is 23.8 Å². The third-order valence-corrected chi connectivity index (χ3v) is 3.31. The molecule has 0 saturated carbocycles. The van der Waals surface area contributed by atoms with Crippen LogP contribution in [0.25, 0.3) is 0 Å². The van der Waals surface area contributed by atoms with Crippen LogP contribution in [-0.4, -0.2) is 16.6 Å². The number of ether oxygens (including phenoxy) is 1. The lowest BCUT2D eigenvalue weighted by Gasteiger charge is -2.20. The summed E-state index contributed by atoms with van der Waals surface area (Å²) in [7, 11) is 0.